The molecule has 1 amide bonds. The van der Waals surface area contributed by atoms with E-state index in [1.54, 1.807) is 13.0 Å². The third kappa shape index (κ3) is 3.27. The number of fused-ring (bicyclic) bond motifs is 1. The van der Waals surface area contributed by atoms with Crippen molar-refractivity contribution in [3.8, 4) is 0 Å². The highest BCUT2D eigenvalue weighted by Gasteiger charge is 2.21. The summed E-state index contributed by atoms with van der Waals surface area (Å²) in [5.74, 6) is 2.79. The molecule has 0 saturated heterocycles. The first-order valence-corrected chi connectivity index (χ1v) is 6.97. The summed E-state index contributed by atoms with van der Waals surface area (Å²) in [6.07, 6.45) is 1.83. The molecular formula is C13H18N6O2. The van der Waals surface area contributed by atoms with Crippen molar-refractivity contribution in [2.45, 2.75) is 39.3 Å². The Balaban J connectivity index is 1.48. The molecule has 3 rings (SSSR count). The Hall–Kier alpha value is -2.22. The van der Waals surface area contributed by atoms with Crippen LogP contribution in [0.3, 0.4) is 0 Å². The number of amides is 1. The molecule has 2 N–H and O–H groups in total. The van der Waals surface area contributed by atoms with Crippen molar-refractivity contribution in [1.29, 1.82) is 0 Å². The number of carbonyl (C=O) groups excluding carboxylic acids is 1. The van der Waals surface area contributed by atoms with E-state index in [9.17, 15) is 4.79 Å². The Kier molecular flexibility index (Phi) is 3.70. The summed E-state index contributed by atoms with van der Waals surface area (Å²) in [6.45, 7) is 4.65. The van der Waals surface area contributed by atoms with Gasteiger partial charge in [-0.05, 0) is 20.3 Å². The van der Waals surface area contributed by atoms with Crippen molar-refractivity contribution < 1.29 is 9.32 Å². The summed E-state index contributed by atoms with van der Waals surface area (Å²) in [5, 5.41) is 14.0. The summed E-state index contributed by atoms with van der Waals surface area (Å²) in [7, 11) is 0. The van der Waals surface area contributed by atoms with E-state index in [0.29, 0.717) is 11.6 Å². The molecule has 112 valence electrons. The monoisotopic (exact) mass is 290 g/mol. The predicted octanol–water partition coefficient (Wildman–Crippen LogP) is 0.426. The van der Waals surface area contributed by atoms with Crippen LogP contribution in [0.5, 0.6) is 0 Å². The zero-order chi connectivity index (χ0) is 14.8. The quantitative estimate of drug-likeness (QED) is 0.847. The fourth-order valence-corrected chi connectivity index (χ4v) is 2.45. The van der Waals surface area contributed by atoms with E-state index in [0.717, 1.165) is 31.0 Å². The van der Waals surface area contributed by atoms with E-state index in [2.05, 4.69) is 25.9 Å². The lowest BCUT2D eigenvalue weighted by atomic mass is 10.1. The van der Waals surface area contributed by atoms with Gasteiger partial charge in [-0.1, -0.05) is 5.16 Å². The summed E-state index contributed by atoms with van der Waals surface area (Å²) < 4.78 is 6.81. The molecular weight excluding hydrogens is 272 g/mol. The second kappa shape index (κ2) is 5.65. The number of hydrogen-bond donors (Lipinski definition) is 2. The van der Waals surface area contributed by atoms with Gasteiger partial charge >= 0.3 is 0 Å². The maximum Gasteiger partial charge on any atom is 0.239 e. The normalized spacial score (nSPS) is 17.5. The lowest BCUT2D eigenvalue weighted by molar-refractivity contribution is -0.115. The minimum atomic E-state index is -0.135. The van der Waals surface area contributed by atoms with Gasteiger partial charge < -0.3 is 15.2 Å². The zero-order valence-corrected chi connectivity index (χ0v) is 12.1. The van der Waals surface area contributed by atoms with Crippen LogP contribution in [0.2, 0.25) is 0 Å². The van der Waals surface area contributed by atoms with Gasteiger partial charge in [0.25, 0.3) is 0 Å². The predicted molar refractivity (Wildman–Crippen MR) is 74.7 cm³/mol. The van der Waals surface area contributed by atoms with Crippen LogP contribution in [0.25, 0.3) is 0 Å². The van der Waals surface area contributed by atoms with Gasteiger partial charge in [-0.15, -0.1) is 0 Å². The third-order valence-corrected chi connectivity index (χ3v) is 3.41. The van der Waals surface area contributed by atoms with Crippen LogP contribution >= 0.6 is 0 Å². The Morgan fingerprint density at radius 2 is 2.38 bits per heavy atom. The van der Waals surface area contributed by atoms with Gasteiger partial charge in [0.05, 0.1) is 13.1 Å². The fraction of sp³-hybridized carbons (Fsp3) is 0.538. The van der Waals surface area contributed by atoms with E-state index in [-0.39, 0.29) is 18.5 Å². The van der Waals surface area contributed by atoms with Crippen LogP contribution in [-0.2, 0) is 17.8 Å². The zero-order valence-electron chi connectivity index (χ0n) is 12.1. The molecule has 21 heavy (non-hydrogen) atoms. The van der Waals surface area contributed by atoms with Gasteiger partial charge in [-0.3, -0.25) is 4.79 Å². The first-order chi connectivity index (χ1) is 10.1. The Labute approximate surface area is 121 Å². The van der Waals surface area contributed by atoms with Crippen molar-refractivity contribution in [1.82, 2.24) is 25.2 Å². The number of aryl methyl sites for hydroxylation is 3. The highest BCUT2D eigenvalue weighted by atomic mass is 16.5. The molecule has 1 aliphatic rings. The highest BCUT2D eigenvalue weighted by molar-refractivity contribution is 5.91. The van der Waals surface area contributed by atoms with Crippen LogP contribution in [0, 0.1) is 13.8 Å². The van der Waals surface area contributed by atoms with Crippen molar-refractivity contribution >= 4 is 11.7 Å². The molecule has 0 bridgehead atoms. The molecule has 1 atom stereocenters. The number of anilines is 1. The standard InChI is InChI=1S/C13H18N6O2/c1-8-5-11(18-21-8)16-13(20)6-14-10-3-4-12-15-9(2)17-19(12)7-10/h5,10,14H,3-4,6-7H2,1-2H3,(H,16,18,20)/t10-/m1/s1. The lowest BCUT2D eigenvalue weighted by Gasteiger charge is -2.23. The number of nitrogens with zero attached hydrogens (tertiary/aromatic N) is 4. The minimum Gasteiger partial charge on any atom is -0.360 e. The minimum absolute atomic E-state index is 0.135. The van der Waals surface area contributed by atoms with E-state index in [4.69, 9.17) is 4.52 Å². The van der Waals surface area contributed by atoms with Crippen molar-refractivity contribution in [3.63, 3.8) is 0 Å². The third-order valence-electron chi connectivity index (χ3n) is 3.41. The largest absolute Gasteiger partial charge is 0.360 e. The molecule has 0 unspecified atom stereocenters. The van der Waals surface area contributed by atoms with Crippen LogP contribution < -0.4 is 10.6 Å². The average Bonchev–Trinajstić information content (AvgIpc) is 3.00. The first kappa shape index (κ1) is 13.7. The van der Waals surface area contributed by atoms with Crippen LogP contribution in [0.1, 0.15) is 23.8 Å². The smallest absolute Gasteiger partial charge is 0.239 e. The van der Waals surface area contributed by atoms with Crippen molar-refractivity contribution in [3.05, 3.63) is 23.5 Å². The second-order valence-electron chi connectivity index (χ2n) is 5.24. The van der Waals surface area contributed by atoms with Gasteiger partial charge in [-0.2, -0.15) is 5.10 Å². The van der Waals surface area contributed by atoms with Gasteiger partial charge in [0, 0.05) is 18.5 Å². The molecule has 0 fully saturated rings. The molecule has 1 aliphatic heterocycles. The van der Waals surface area contributed by atoms with Gasteiger partial charge in [0.1, 0.15) is 17.4 Å². The van der Waals surface area contributed by atoms with Gasteiger partial charge in [0.2, 0.25) is 5.91 Å². The van der Waals surface area contributed by atoms with Crippen molar-refractivity contribution in [2.75, 3.05) is 11.9 Å². The summed E-state index contributed by atoms with van der Waals surface area (Å²) in [6, 6.07) is 1.91. The number of carbonyl (C=O) groups is 1. The maximum atomic E-state index is 11.8. The summed E-state index contributed by atoms with van der Waals surface area (Å²) in [5.41, 5.74) is 0. The van der Waals surface area contributed by atoms with Crippen LogP contribution in [-0.4, -0.2) is 38.4 Å². The van der Waals surface area contributed by atoms with E-state index in [1.165, 1.54) is 0 Å². The topological polar surface area (TPSA) is 97.9 Å². The molecule has 0 aliphatic carbocycles. The first-order valence-electron chi connectivity index (χ1n) is 6.97. The lowest BCUT2D eigenvalue weighted by Crippen LogP contribution is -2.41. The fourth-order valence-electron chi connectivity index (χ4n) is 2.45. The number of aromatic nitrogens is 4. The van der Waals surface area contributed by atoms with Gasteiger partial charge in [0.15, 0.2) is 5.82 Å². The van der Waals surface area contributed by atoms with Crippen LogP contribution in [0.15, 0.2) is 10.6 Å². The SMILES string of the molecule is Cc1nc2n(n1)C[C@H](NCC(=O)Nc1cc(C)on1)CC2. The summed E-state index contributed by atoms with van der Waals surface area (Å²) >= 11 is 0. The van der Waals surface area contributed by atoms with E-state index < -0.39 is 0 Å². The molecule has 0 aromatic carbocycles. The Morgan fingerprint density at radius 3 is 3.14 bits per heavy atom. The molecule has 8 nitrogen and oxygen atoms in total. The number of hydrogen-bond acceptors (Lipinski definition) is 6. The van der Waals surface area contributed by atoms with Gasteiger partial charge in [-0.25, -0.2) is 9.67 Å². The number of rotatable bonds is 4. The molecule has 3 heterocycles. The van der Waals surface area contributed by atoms with E-state index in [1.807, 2.05) is 11.6 Å². The molecule has 2 aromatic heterocycles. The molecule has 8 heteroatoms. The summed E-state index contributed by atoms with van der Waals surface area (Å²) in [4.78, 5) is 16.2. The van der Waals surface area contributed by atoms with Crippen molar-refractivity contribution in [2.24, 2.45) is 0 Å². The Morgan fingerprint density at radius 1 is 1.52 bits per heavy atom. The Bertz CT molecular complexity index is 647. The average molecular weight is 290 g/mol. The second-order valence-corrected chi connectivity index (χ2v) is 5.24. The maximum absolute atomic E-state index is 11.8. The van der Waals surface area contributed by atoms with E-state index >= 15 is 0 Å². The van der Waals surface area contributed by atoms with Crippen LogP contribution in [0.4, 0.5) is 5.82 Å². The molecule has 2 aromatic rings. The number of nitrogens with one attached hydrogen (secondary N) is 2. The molecule has 0 spiro atoms. The molecule has 0 radical (unpaired) electrons. The highest BCUT2D eigenvalue weighted by Crippen LogP contribution is 2.12. The molecule has 0 saturated carbocycles.